The van der Waals surface area contributed by atoms with Gasteiger partial charge in [-0.2, -0.15) is 8.78 Å². The van der Waals surface area contributed by atoms with Gasteiger partial charge in [-0.05, 0) is 30.3 Å². The standard InChI is InChI=1S/C16H15ClF2N2O3/c1-23-13-7-6-10(8-11(13)17)20-9-15(22)21-12-4-2-3-5-14(12)24-16(18)19/h2-8,16,20H,9H2,1H3,(H,21,22). The van der Waals surface area contributed by atoms with Crippen LogP contribution in [0.4, 0.5) is 20.2 Å². The smallest absolute Gasteiger partial charge is 0.387 e. The number of hydrogen-bond donors (Lipinski definition) is 2. The average molecular weight is 357 g/mol. The van der Waals surface area contributed by atoms with Gasteiger partial charge in [-0.25, -0.2) is 0 Å². The van der Waals surface area contributed by atoms with Crippen molar-refractivity contribution in [1.29, 1.82) is 0 Å². The third-order valence-electron chi connectivity index (χ3n) is 2.98. The molecule has 0 fully saturated rings. The first-order valence-corrected chi connectivity index (χ1v) is 7.28. The molecule has 0 unspecified atom stereocenters. The number of benzene rings is 2. The van der Waals surface area contributed by atoms with Crippen LogP contribution in [0.1, 0.15) is 0 Å². The lowest BCUT2D eigenvalue weighted by molar-refractivity contribution is -0.114. The summed E-state index contributed by atoms with van der Waals surface area (Å²) in [6.45, 7) is -3.05. The van der Waals surface area contributed by atoms with Gasteiger partial charge in [0.05, 0.1) is 24.4 Å². The minimum absolute atomic E-state index is 0.0777. The average Bonchev–Trinajstić information content (AvgIpc) is 2.54. The Morgan fingerprint density at radius 3 is 2.62 bits per heavy atom. The molecule has 0 spiro atoms. The SMILES string of the molecule is COc1ccc(NCC(=O)Nc2ccccc2OC(F)F)cc1Cl. The quantitative estimate of drug-likeness (QED) is 0.787. The molecule has 24 heavy (non-hydrogen) atoms. The van der Waals surface area contributed by atoms with Gasteiger partial charge in [-0.3, -0.25) is 4.79 Å². The highest BCUT2D eigenvalue weighted by Gasteiger charge is 2.11. The van der Waals surface area contributed by atoms with Crippen molar-refractivity contribution in [2.24, 2.45) is 0 Å². The van der Waals surface area contributed by atoms with Crippen LogP contribution in [0.2, 0.25) is 5.02 Å². The minimum atomic E-state index is -2.97. The van der Waals surface area contributed by atoms with E-state index in [0.717, 1.165) is 0 Å². The number of ether oxygens (including phenoxy) is 2. The Labute approximate surface area is 142 Å². The molecule has 2 rings (SSSR count). The molecule has 0 aliphatic carbocycles. The zero-order chi connectivity index (χ0) is 17.5. The lowest BCUT2D eigenvalue weighted by atomic mass is 10.3. The summed E-state index contributed by atoms with van der Waals surface area (Å²) in [5.74, 6) is -0.00894. The van der Waals surface area contributed by atoms with E-state index < -0.39 is 12.5 Å². The first-order chi connectivity index (χ1) is 11.5. The third kappa shape index (κ3) is 4.99. The van der Waals surface area contributed by atoms with E-state index in [1.165, 1.54) is 25.3 Å². The number of methoxy groups -OCH3 is 1. The number of carbonyl (C=O) groups is 1. The summed E-state index contributed by atoms with van der Waals surface area (Å²) in [6.07, 6.45) is 0. The Morgan fingerprint density at radius 2 is 1.96 bits per heavy atom. The van der Waals surface area contributed by atoms with E-state index in [1.807, 2.05) is 0 Å². The fourth-order valence-electron chi connectivity index (χ4n) is 1.92. The molecule has 0 radical (unpaired) electrons. The molecule has 0 bridgehead atoms. The van der Waals surface area contributed by atoms with Gasteiger partial charge in [0.25, 0.3) is 0 Å². The van der Waals surface area contributed by atoms with Crippen LogP contribution in [0, 0.1) is 0 Å². The molecule has 1 amide bonds. The summed E-state index contributed by atoms with van der Waals surface area (Å²) in [6, 6.07) is 10.9. The monoisotopic (exact) mass is 356 g/mol. The Hall–Kier alpha value is -2.54. The predicted molar refractivity (Wildman–Crippen MR) is 88.2 cm³/mol. The van der Waals surface area contributed by atoms with Crippen LogP contribution in [0.5, 0.6) is 11.5 Å². The molecule has 0 saturated heterocycles. The second-order valence-electron chi connectivity index (χ2n) is 4.63. The van der Waals surface area contributed by atoms with Crippen LogP contribution in [0.15, 0.2) is 42.5 Å². The zero-order valence-corrected chi connectivity index (χ0v) is 13.4. The van der Waals surface area contributed by atoms with E-state index in [4.69, 9.17) is 16.3 Å². The molecule has 0 heterocycles. The van der Waals surface area contributed by atoms with Crippen LogP contribution < -0.4 is 20.1 Å². The first kappa shape index (κ1) is 17.8. The summed E-state index contributed by atoms with van der Waals surface area (Å²) in [5.41, 5.74) is 0.783. The number of hydrogen-bond acceptors (Lipinski definition) is 4. The number of para-hydroxylation sites is 2. The second-order valence-corrected chi connectivity index (χ2v) is 5.03. The van der Waals surface area contributed by atoms with E-state index >= 15 is 0 Å². The van der Waals surface area contributed by atoms with Crippen molar-refractivity contribution >= 4 is 28.9 Å². The van der Waals surface area contributed by atoms with Gasteiger partial charge in [0.1, 0.15) is 11.5 Å². The van der Waals surface area contributed by atoms with Gasteiger partial charge >= 0.3 is 6.61 Å². The molecule has 0 aliphatic heterocycles. The van der Waals surface area contributed by atoms with Crippen LogP contribution in [0.25, 0.3) is 0 Å². The van der Waals surface area contributed by atoms with Crippen molar-refractivity contribution in [1.82, 2.24) is 0 Å². The van der Waals surface area contributed by atoms with E-state index in [1.54, 1.807) is 24.3 Å². The van der Waals surface area contributed by atoms with Crippen molar-refractivity contribution in [3.8, 4) is 11.5 Å². The number of nitrogens with one attached hydrogen (secondary N) is 2. The van der Waals surface area contributed by atoms with E-state index in [-0.39, 0.29) is 18.0 Å². The maximum Gasteiger partial charge on any atom is 0.387 e. The molecule has 0 aromatic heterocycles. The molecule has 0 atom stereocenters. The van der Waals surface area contributed by atoms with Crippen molar-refractivity contribution < 1.29 is 23.0 Å². The van der Waals surface area contributed by atoms with Gasteiger partial charge < -0.3 is 20.1 Å². The molecular weight excluding hydrogens is 342 g/mol. The summed E-state index contributed by atoms with van der Waals surface area (Å²) in [7, 11) is 1.50. The van der Waals surface area contributed by atoms with Crippen LogP contribution in [-0.2, 0) is 4.79 Å². The number of halogens is 3. The number of alkyl halides is 2. The topological polar surface area (TPSA) is 59.6 Å². The molecule has 0 aliphatic rings. The lowest BCUT2D eigenvalue weighted by Crippen LogP contribution is -2.22. The predicted octanol–water partition coefficient (Wildman–Crippen LogP) is 4.00. The normalized spacial score (nSPS) is 10.4. The van der Waals surface area contributed by atoms with Crippen molar-refractivity contribution in [3.63, 3.8) is 0 Å². The van der Waals surface area contributed by atoms with Crippen molar-refractivity contribution in [2.75, 3.05) is 24.3 Å². The molecule has 2 N–H and O–H groups in total. The Balaban J connectivity index is 1.95. The van der Waals surface area contributed by atoms with Gasteiger partial charge in [-0.15, -0.1) is 0 Å². The zero-order valence-electron chi connectivity index (χ0n) is 12.7. The summed E-state index contributed by atoms with van der Waals surface area (Å²) in [5, 5.41) is 5.78. The number of anilines is 2. The lowest BCUT2D eigenvalue weighted by Gasteiger charge is -2.12. The van der Waals surface area contributed by atoms with E-state index in [0.29, 0.717) is 16.5 Å². The fraction of sp³-hybridized carbons (Fsp3) is 0.188. The van der Waals surface area contributed by atoms with Crippen molar-refractivity contribution in [2.45, 2.75) is 6.61 Å². The Morgan fingerprint density at radius 1 is 1.21 bits per heavy atom. The van der Waals surface area contributed by atoms with Crippen molar-refractivity contribution in [3.05, 3.63) is 47.5 Å². The van der Waals surface area contributed by atoms with E-state index in [9.17, 15) is 13.6 Å². The highest BCUT2D eigenvalue weighted by Crippen LogP contribution is 2.27. The molecule has 0 saturated carbocycles. The fourth-order valence-corrected chi connectivity index (χ4v) is 2.18. The maximum atomic E-state index is 12.3. The number of rotatable bonds is 7. The highest BCUT2D eigenvalue weighted by molar-refractivity contribution is 6.32. The molecule has 2 aromatic rings. The van der Waals surface area contributed by atoms with Gasteiger partial charge in [0, 0.05) is 5.69 Å². The summed E-state index contributed by atoms with van der Waals surface area (Å²) in [4.78, 5) is 12.0. The van der Waals surface area contributed by atoms with E-state index in [2.05, 4.69) is 15.4 Å². The Bertz CT molecular complexity index is 713. The molecule has 2 aromatic carbocycles. The summed E-state index contributed by atoms with van der Waals surface area (Å²) < 4.78 is 34.1. The number of amides is 1. The minimum Gasteiger partial charge on any atom is -0.495 e. The summed E-state index contributed by atoms with van der Waals surface area (Å²) >= 11 is 5.99. The van der Waals surface area contributed by atoms with Gasteiger partial charge in [-0.1, -0.05) is 23.7 Å². The van der Waals surface area contributed by atoms with Gasteiger partial charge in [0.15, 0.2) is 0 Å². The van der Waals surface area contributed by atoms with Crippen LogP contribution >= 0.6 is 11.6 Å². The van der Waals surface area contributed by atoms with Crippen LogP contribution in [0.3, 0.4) is 0 Å². The largest absolute Gasteiger partial charge is 0.495 e. The van der Waals surface area contributed by atoms with Crippen LogP contribution in [-0.4, -0.2) is 26.2 Å². The highest BCUT2D eigenvalue weighted by atomic mass is 35.5. The first-order valence-electron chi connectivity index (χ1n) is 6.90. The Kier molecular flexibility index (Phi) is 6.20. The van der Waals surface area contributed by atoms with Gasteiger partial charge in [0.2, 0.25) is 5.91 Å². The molecule has 5 nitrogen and oxygen atoms in total. The second kappa shape index (κ2) is 8.35. The number of carbonyl (C=O) groups excluding carboxylic acids is 1. The maximum absolute atomic E-state index is 12.3. The molecule has 8 heteroatoms. The molecule has 128 valence electrons. The molecular formula is C16H15ClF2N2O3. The third-order valence-corrected chi connectivity index (χ3v) is 3.28.